The van der Waals surface area contributed by atoms with Gasteiger partial charge in [0.1, 0.15) is 0 Å². The summed E-state index contributed by atoms with van der Waals surface area (Å²) in [6, 6.07) is 0. The average molecular weight is 189 g/mol. The molecule has 2 radical (unpaired) electrons. The van der Waals surface area contributed by atoms with Crippen molar-refractivity contribution < 1.29 is 0 Å². The van der Waals surface area contributed by atoms with Gasteiger partial charge in [0.05, 0.1) is 0 Å². The number of unbranched alkanes of at least 4 members (excludes halogenated alkanes) is 1. The molecule has 0 aliphatic heterocycles. The zero-order valence-electron chi connectivity index (χ0n) is 3.86. The van der Waals surface area contributed by atoms with Crippen LogP contribution in [-0.4, -0.2) is 23.0 Å². The Kier molecular flexibility index (Phi) is 5.72. The molecule has 0 N–H and O–H groups in total. The van der Waals surface area contributed by atoms with Crippen LogP contribution in [0.25, 0.3) is 0 Å². The Morgan fingerprint density at radius 2 is 2.33 bits per heavy atom. The van der Waals surface area contributed by atoms with E-state index in [2.05, 4.69) is 16.7 Å². The first kappa shape index (κ1) is 6.38. The molecule has 0 amide bonds. The fraction of sp³-hybridized carbons (Fsp3) is 0.600. The third-order valence-corrected chi connectivity index (χ3v) is 0.905. The minimum absolute atomic E-state index is 1.06. The van der Waals surface area contributed by atoms with Crippen molar-refractivity contribution in [3.63, 3.8) is 0 Å². The second kappa shape index (κ2) is 5.38. The fourth-order valence-corrected chi connectivity index (χ4v) is 0.500. The predicted octanol–water partition coefficient (Wildman–Crippen LogP) is 0.916. The number of hydrogen-bond donors (Lipinski definition) is 0. The molecule has 0 heterocycles. The Morgan fingerprint density at radius 1 is 1.67 bits per heavy atom. The summed E-state index contributed by atoms with van der Waals surface area (Å²) in [6.45, 7) is 2.13. The molecule has 0 unspecified atom stereocenters. The third kappa shape index (κ3) is 4.38. The molecule has 0 fully saturated rings. The van der Waals surface area contributed by atoms with Gasteiger partial charge in [0.25, 0.3) is 0 Å². The molecular formula is C5H7Sb. The molecule has 32 valence electrons. The van der Waals surface area contributed by atoms with Crippen molar-refractivity contribution >= 4 is 23.0 Å². The molecule has 0 aromatic rings. The molecule has 0 spiro atoms. The molecule has 0 saturated carbocycles. The summed E-state index contributed by atoms with van der Waals surface area (Å²) in [7, 11) is 0. The first-order chi connectivity index (χ1) is 2.91. The van der Waals surface area contributed by atoms with Crippen LogP contribution in [0.5, 0.6) is 0 Å². The average Bonchev–Trinajstić information content (AvgIpc) is 1.61. The van der Waals surface area contributed by atoms with Gasteiger partial charge in [-0.1, -0.05) is 0 Å². The third-order valence-electron chi connectivity index (χ3n) is 0.454. The van der Waals surface area contributed by atoms with E-state index in [1.165, 1.54) is 6.42 Å². The molecule has 0 atom stereocenters. The Morgan fingerprint density at radius 3 is 2.50 bits per heavy atom. The van der Waals surface area contributed by atoms with Crippen LogP contribution in [0.1, 0.15) is 19.8 Å². The Bertz CT molecular complexity index is 65.7. The second-order valence-corrected chi connectivity index (χ2v) is 1.68. The first-order valence-corrected chi connectivity index (χ1v) is 3.31. The van der Waals surface area contributed by atoms with Crippen molar-refractivity contribution in [3.8, 4) is 9.79 Å². The summed E-state index contributed by atoms with van der Waals surface area (Å²) < 4.78 is 2.87. The van der Waals surface area contributed by atoms with Crippen LogP contribution in [0.15, 0.2) is 0 Å². The van der Waals surface area contributed by atoms with Crippen molar-refractivity contribution in [3.05, 3.63) is 0 Å². The van der Waals surface area contributed by atoms with Crippen LogP contribution >= 0.6 is 0 Å². The van der Waals surface area contributed by atoms with Crippen LogP contribution < -0.4 is 0 Å². The van der Waals surface area contributed by atoms with Gasteiger partial charge < -0.3 is 0 Å². The van der Waals surface area contributed by atoms with Crippen LogP contribution in [0.2, 0.25) is 0 Å². The molecule has 1 heteroatoms. The summed E-state index contributed by atoms with van der Waals surface area (Å²) in [4.78, 5) is 0. The van der Waals surface area contributed by atoms with Crippen molar-refractivity contribution in [2.75, 3.05) is 0 Å². The standard InChI is InChI=1S/C5H7.Sb/c1-3-5-4-2;/h3,5H2,1H3;. The van der Waals surface area contributed by atoms with Crippen molar-refractivity contribution in [1.82, 2.24) is 0 Å². The van der Waals surface area contributed by atoms with E-state index < -0.39 is 0 Å². The van der Waals surface area contributed by atoms with E-state index in [4.69, 9.17) is 0 Å². The maximum atomic E-state index is 2.97. The molecule has 0 nitrogen and oxygen atoms in total. The van der Waals surface area contributed by atoms with Gasteiger partial charge in [-0.15, -0.1) is 0 Å². The summed E-state index contributed by atoms with van der Waals surface area (Å²) in [6.07, 6.45) is 2.25. The van der Waals surface area contributed by atoms with Gasteiger partial charge in [-0.3, -0.25) is 0 Å². The van der Waals surface area contributed by atoms with E-state index in [0.717, 1.165) is 6.42 Å². The van der Waals surface area contributed by atoms with E-state index in [1.807, 2.05) is 0 Å². The van der Waals surface area contributed by atoms with Crippen molar-refractivity contribution in [2.45, 2.75) is 19.8 Å². The quantitative estimate of drug-likeness (QED) is 0.424. The van der Waals surface area contributed by atoms with Gasteiger partial charge in [0, 0.05) is 0 Å². The molecule has 6 heavy (non-hydrogen) atoms. The predicted molar refractivity (Wildman–Crippen MR) is 28.4 cm³/mol. The summed E-state index contributed by atoms with van der Waals surface area (Å²) in [5.41, 5.74) is 0. The van der Waals surface area contributed by atoms with Gasteiger partial charge in [-0.2, -0.15) is 0 Å². The van der Waals surface area contributed by atoms with Gasteiger partial charge in [0.2, 0.25) is 0 Å². The zero-order chi connectivity index (χ0) is 4.83. The molecule has 0 aliphatic rings. The van der Waals surface area contributed by atoms with Crippen molar-refractivity contribution in [2.24, 2.45) is 0 Å². The molecule has 0 rings (SSSR count). The zero-order valence-corrected chi connectivity index (χ0v) is 6.41. The molecule has 0 saturated heterocycles. The van der Waals surface area contributed by atoms with E-state index in [0.29, 0.717) is 0 Å². The normalized spacial score (nSPS) is 6.33. The minimum atomic E-state index is 1.06. The number of rotatable bonds is 1. The van der Waals surface area contributed by atoms with Gasteiger partial charge in [-0.05, 0) is 0 Å². The van der Waals surface area contributed by atoms with E-state index in [9.17, 15) is 0 Å². The molecule has 0 aromatic heterocycles. The monoisotopic (exact) mass is 188 g/mol. The topological polar surface area (TPSA) is 0 Å². The van der Waals surface area contributed by atoms with E-state index >= 15 is 0 Å². The van der Waals surface area contributed by atoms with Crippen LogP contribution in [-0.2, 0) is 0 Å². The van der Waals surface area contributed by atoms with Gasteiger partial charge in [-0.25, -0.2) is 0 Å². The summed E-state index contributed by atoms with van der Waals surface area (Å²) in [5, 5.41) is 0. The van der Waals surface area contributed by atoms with Crippen LogP contribution in [0, 0.1) is 9.79 Å². The Labute approximate surface area is 52.8 Å². The van der Waals surface area contributed by atoms with Crippen molar-refractivity contribution in [1.29, 1.82) is 0 Å². The molecule has 0 bridgehead atoms. The Hall–Kier alpha value is 0.378. The molecule has 0 aromatic carbocycles. The summed E-state index contributed by atoms with van der Waals surface area (Å²) in [5.74, 6) is 2.97. The number of hydrogen-bond acceptors (Lipinski definition) is 0. The van der Waals surface area contributed by atoms with E-state index in [-0.39, 0.29) is 0 Å². The Balaban J connectivity index is 2.79. The second-order valence-electron chi connectivity index (χ2n) is 1.04. The first-order valence-electron chi connectivity index (χ1n) is 2.03. The molecular weight excluding hydrogens is 182 g/mol. The fourth-order valence-electron chi connectivity index (χ4n) is 0.181. The van der Waals surface area contributed by atoms with Crippen LogP contribution in [0.4, 0.5) is 0 Å². The van der Waals surface area contributed by atoms with Gasteiger partial charge >= 0.3 is 52.6 Å². The van der Waals surface area contributed by atoms with Gasteiger partial charge in [0.15, 0.2) is 0 Å². The SMILES string of the molecule is CCCC#[C][Sb]. The maximum absolute atomic E-state index is 2.97. The summed E-state index contributed by atoms with van der Waals surface area (Å²) >= 11 is 1.57. The van der Waals surface area contributed by atoms with E-state index in [1.54, 1.807) is 23.0 Å². The van der Waals surface area contributed by atoms with Crippen LogP contribution in [0.3, 0.4) is 0 Å². The molecule has 0 aliphatic carbocycles.